The molecule has 0 saturated heterocycles. The molecule has 0 bridgehead atoms. The van der Waals surface area contributed by atoms with E-state index >= 15 is 4.39 Å². The van der Waals surface area contributed by atoms with Gasteiger partial charge in [0.2, 0.25) is 10.0 Å². The minimum atomic E-state index is -3.88. The Hall–Kier alpha value is -3.36. The third-order valence-corrected chi connectivity index (χ3v) is 6.87. The van der Waals surface area contributed by atoms with Gasteiger partial charge in [-0.1, -0.05) is 30.7 Å². The molecule has 0 spiro atoms. The number of aromatic nitrogens is 1. The zero-order chi connectivity index (χ0) is 24.5. The molecule has 174 valence electrons. The Morgan fingerprint density at radius 2 is 1.74 bits per heavy atom. The summed E-state index contributed by atoms with van der Waals surface area (Å²) in [6.45, 7) is 1.64. The van der Waals surface area contributed by atoms with E-state index in [1.807, 2.05) is 22.9 Å². The van der Waals surface area contributed by atoms with Crippen molar-refractivity contribution in [2.45, 2.75) is 13.3 Å². The summed E-state index contributed by atoms with van der Waals surface area (Å²) in [7, 11) is -3.88. The van der Waals surface area contributed by atoms with Gasteiger partial charge in [-0.3, -0.25) is 14.5 Å². The fourth-order valence-electron chi connectivity index (χ4n) is 3.54. The lowest BCUT2D eigenvalue weighted by Crippen LogP contribution is -2.18. The Labute approximate surface area is 200 Å². The predicted molar refractivity (Wildman–Crippen MR) is 130 cm³/mol. The zero-order valence-electron chi connectivity index (χ0n) is 18.0. The molecule has 5 nitrogen and oxygen atoms in total. The second kappa shape index (κ2) is 9.48. The number of benzene rings is 3. The number of carbonyl (C=O) groups is 1. The van der Waals surface area contributed by atoms with Gasteiger partial charge in [0, 0.05) is 33.8 Å². The number of fused-ring (bicyclic) bond motifs is 1. The molecule has 0 atom stereocenters. The van der Waals surface area contributed by atoms with Crippen LogP contribution in [0.2, 0.25) is 5.02 Å². The quantitative estimate of drug-likeness (QED) is 0.306. The van der Waals surface area contributed by atoms with E-state index in [-0.39, 0.29) is 11.3 Å². The highest BCUT2D eigenvalue weighted by molar-refractivity contribution is 7.92. The van der Waals surface area contributed by atoms with Crippen molar-refractivity contribution < 1.29 is 22.0 Å². The molecule has 0 aliphatic carbocycles. The molecule has 0 saturated carbocycles. The summed E-state index contributed by atoms with van der Waals surface area (Å²) in [5.74, 6) is -3.13. The minimum absolute atomic E-state index is 0.106. The lowest BCUT2D eigenvalue weighted by Gasteiger charge is -2.12. The van der Waals surface area contributed by atoms with Crippen LogP contribution in [0.15, 0.2) is 66.9 Å². The number of halogens is 3. The van der Waals surface area contributed by atoms with Gasteiger partial charge in [-0.15, -0.1) is 0 Å². The Morgan fingerprint density at radius 1 is 1.00 bits per heavy atom. The van der Waals surface area contributed by atoms with Crippen LogP contribution < -0.4 is 4.72 Å². The van der Waals surface area contributed by atoms with Crippen molar-refractivity contribution in [1.29, 1.82) is 0 Å². The van der Waals surface area contributed by atoms with E-state index in [1.165, 1.54) is 12.1 Å². The Balaban J connectivity index is 1.73. The molecule has 34 heavy (non-hydrogen) atoms. The second-order valence-electron chi connectivity index (χ2n) is 7.70. The van der Waals surface area contributed by atoms with Crippen molar-refractivity contribution in [2.75, 3.05) is 10.5 Å². The zero-order valence-corrected chi connectivity index (χ0v) is 19.6. The van der Waals surface area contributed by atoms with Gasteiger partial charge in [0.15, 0.2) is 11.6 Å². The summed E-state index contributed by atoms with van der Waals surface area (Å²) in [6, 6.07) is 15.1. The van der Waals surface area contributed by atoms with E-state index in [2.05, 4.69) is 4.98 Å². The molecule has 0 amide bonds. The maximum atomic E-state index is 15.1. The van der Waals surface area contributed by atoms with Crippen LogP contribution in [0.3, 0.4) is 0 Å². The molecule has 0 aliphatic heterocycles. The molecule has 0 unspecified atom stereocenters. The van der Waals surface area contributed by atoms with Gasteiger partial charge in [-0.2, -0.15) is 0 Å². The van der Waals surface area contributed by atoms with Crippen LogP contribution in [0, 0.1) is 11.6 Å². The van der Waals surface area contributed by atoms with E-state index in [0.717, 1.165) is 17.2 Å². The monoisotopic (exact) mass is 500 g/mol. The van der Waals surface area contributed by atoms with Gasteiger partial charge in [0.1, 0.15) is 5.82 Å². The number of pyridine rings is 1. The number of hydrogen-bond donors (Lipinski definition) is 1. The maximum Gasteiger partial charge on any atom is 0.232 e. The topological polar surface area (TPSA) is 76.1 Å². The first kappa shape index (κ1) is 23.8. The van der Waals surface area contributed by atoms with Crippen molar-refractivity contribution in [3.8, 4) is 11.1 Å². The number of hydrogen-bond acceptors (Lipinski definition) is 4. The number of sulfonamides is 1. The first-order valence-electron chi connectivity index (χ1n) is 10.4. The lowest BCUT2D eigenvalue weighted by molar-refractivity contribution is 0.103. The van der Waals surface area contributed by atoms with Crippen molar-refractivity contribution >= 4 is 44.0 Å². The third kappa shape index (κ3) is 5.08. The lowest BCUT2D eigenvalue weighted by atomic mass is 9.99. The van der Waals surface area contributed by atoms with Crippen LogP contribution in [0.1, 0.15) is 29.3 Å². The molecular formula is C25H19ClF2N2O3S. The summed E-state index contributed by atoms with van der Waals surface area (Å²) in [5.41, 5.74) is 1.20. The van der Waals surface area contributed by atoms with Gasteiger partial charge in [0.05, 0.1) is 22.5 Å². The van der Waals surface area contributed by atoms with E-state index in [9.17, 15) is 17.6 Å². The molecule has 1 aromatic heterocycles. The number of carbonyl (C=O) groups excluding carboxylic acids is 1. The number of ketones is 1. The molecule has 9 heteroatoms. The van der Waals surface area contributed by atoms with Gasteiger partial charge in [-0.25, -0.2) is 17.2 Å². The number of nitrogens with zero attached hydrogens (tertiary/aromatic N) is 1. The first-order chi connectivity index (χ1) is 16.2. The van der Waals surface area contributed by atoms with Crippen molar-refractivity contribution in [1.82, 2.24) is 4.98 Å². The maximum absolute atomic E-state index is 15.1. The fraction of sp³-hybridized carbons (Fsp3) is 0.120. The Morgan fingerprint density at radius 3 is 2.44 bits per heavy atom. The van der Waals surface area contributed by atoms with E-state index in [0.29, 0.717) is 28.4 Å². The third-order valence-electron chi connectivity index (χ3n) is 5.14. The van der Waals surface area contributed by atoms with Crippen molar-refractivity contribution in [2.24, 2.45) is 0 Å². The van der Waals surface area contributed by atoms with Crippen LogP contribution in [-0.4, -0.2) is 24.9 Å². The summed E-state index contributed by atoms with van der Waals surface area (Å²) in [4.78, 5) is 17.5. The van der Waals surface area contributed by atoms with Gasteiger partial charge < -0.3 is 0 Å². The SMILES string of the molecule is CCCS(=O)(=O)Nc1cc(F)cc(C(=O)c2ccc3ncc(-c4ccc(Cl)cc4)cc3c2)c1F. The summed E-state index contributed by atoms with van der Waals surface area (Å²) >= 11 is 5.95. The van der Waals surface area contributed by atoms with E-state index in [4.69, 9.17) is 11.6 Å². The minimum Gasteiger partial charge on any atom is -0.288 e. The van der Waals surface area contributed by atoms with E-state index < -0.39 is 38.7 Å². The standard InChI is InChI=1S/C25H19ClF2N2O3S/c1-2-9-34(32,33)30-23-13-20(27)12-21(24(23)28)25(31)16-5-8-22-17(10-16)11-18(14-29-22)15-3-6-19(26)7-4-15/h3-8,10-14,30H,2,9H2,1H3. The average Bonchev–Trinajstić information content (AvgIpc) is 2.80. The highest BCUT2D eigenvalue weighted by atomic mass is 35.5. The Kier molecular flexibility index (Phi) is 6.63. The predicted octanol–water partition coefficient (Wildman–Crippen LogP) is 6.22. The van der Waals surface area contributed by atoms with Crippen LogP contribution >= 0.6 is 11.6 Å². The summed E-state index contributed by atoms with van der Waals surface area (Å²) in [6.07, 6.45) is 1.98. The molecule has 4 rings (SSSR count). The van der Waals surface area contributed by atoms with Crippen molar-refractivity contribution in [3.63, 3.8) is 0 Å². The summed E-state index contributed by atoms with van der Waals surface area (Å²) in [5, 5.41) is 1.22. The first-order valence-corrected chi connectivity index (χ1v) is 12.4. The fourth-order valence-corrected chi connectivity index (χ4v) is 4.79. The molecule has 0 radical (unpaired) electrons. The normalized spacial score (nSPS) is 11.5. The van der Waals surface area contributed by atoms with Crippen molar-refractivity contribution in [3.05, 3.63) is 94.6 Å². The molecule has 3 aromatic carbocycles. The highest BCUT2D eigenvalue weighted by Crippen LogP contribution is 2.27. The molecule has 4 aromatic rings. The van der Waals surface area contributed by atoms with Crippen LogP contribution in [-0.2, 0) is 10.0 Å². The molecule has 0 fully saturated rings. The molecular weight excluding hydrogens is 482 g/mol. The highest BCUT2D eigenvalue weighted by Gasteiger charge is 2.22. The summed E-state index contributed by atoms with van der Waals surface area (Å²) < 4.78 is 55.3. The van der Waals surface area contributed by atoms with Crippen LogP contribution in [0.5, 0.6) is 0 Å². The number of nitrogens with one attached hydrogen (secondary N) is 1. The molecule has 1 heterocycles. The van der Waals surface area contributed by atoms with Gasteiger partial charge in [0.25, 0.3) is 0 Å². The molecule has 0 aliphatic rings. The van der Waals surface area contributed by atoms with Crippen LogP contribution in [0.25, 0.3) is 22.0 Å². The van der Waals surface area contributed by atoms with Gasteiger partial charge in [-0.05, 0) is 54.4 Å². The second-order valence-corrected chi connectivity index (χ2v) is 9.98. The Bertz CT molecular complexity index is 1510. The average molecular weight is 501 g/mol. The number of rotatable bonds is 7. The van der Waals surface area contributed by atoms with Gasteiger partial charge >= 0.3 is 0 Å². The number of anilines is 1. The smallest absolute Gasteiger partial charge is 0.232 e. The molecule has 1 N–H and O–H groups in total. The van der Waals surface area contributed by atoms with Crippen LogP contribution in [0.4, 0.5) is 14.5 Å². The largest absolute Gasteiger partial charge is 0.288 e. The van der Waals surface area contributed by atoms with E-state index in [1.54, 1.807) is 31.3 Å².